The molecule has 1 heterocycles. The predicted octanol–water partition coefficient (Wildman–Crippen LogP) is -1.86. The Bertz CT molecular complexity index is 482. The summed E-state index contributed by atoms with van der Waals surface area (Å²) < 4.78 is 10.5. The molecule has 0 aromatic carbocycles. The zero-order valence-electron chi connectivity index (χ0n) is 12.6. The van der Waals surface area contributed by atoms with Gasteiger partial charge in [0.25, 0.3) is 0 Å². The van der Waals surface area contributed by atoms with Crippen molar-refractivity contribution in [3.8, 4) is 23.7 Å². The van der Waals surface area contributed by atoms with E-state index in [2.05, 4.69) is 30.3 Å². The summed E-state index contributed by atoms with van der Waals surface area (Å²) in [6.45, 7) is 3.09. The molecule has 0 radical (unpaired) electrons. The second kappa shape index (κ2) is 10.4. The van der Waals surface area contributed by atoms with Gasteiger partial charge < -0.3 is 35.0 Å². The average molecular weight is 326 g/mol. The van der Waals surface area contributed by atoms with Crippen LogP contribution in [0.3, 0.4) is 0 Å². The van der Waals surface area contributed by atoms with Crippen molar-refractivity contribution >= 4 is 0 Å². The summed E-state index contributed by atoms with van der Waals surface area (Å²) in [5, 5.41) is 47.1. The molecule has 6 atom stereocenters. The fourth-order valence-corrected chi connectivity index (χ4v) is 1.84. The maximum absolute atomic E-state index is 9.75. The number of rotatable bonds is 6. The Kier molecular flexibility index (Phi) is 8.85. The fraction of sp³-hybridized carbons (Fsp3) is 0.625. The summed E-state index contributed by atoms with van der Waals surface area (Å²) in [6.07, 6.45) is -4.93. The number of ether oxygens (including phenoxy) is 2. The third-order valence-electron chi connectivity index (χ3n) is 3.17. The van der Waals surface area contributed by atoms with Gasteiger partial charge in [-0.25, -0.2) is 0 Å². The lowest BCUT2D eigenvalue weighted by Gasteiger charge is -2.39. The fourth-order valence-electron chi connectivity index (χ4n) is 1.84. The van der Waals surface area contributed by atoms with Crippen LogP contribution in [0.5, 0.6) is 0 Å². The SMILES string of the molecule is C=CC(O)C#CC#CCCCO[C@@H]1O[C@H](CO)[C@@H](O)[C@H](O)[C@H]1O. The molecule has 23 heavy (non-hydrogen) atoms. The average Bonchev–Trinajstić information content (AvgIpc) is 2.56. The molecule has 0 spiro atoms. The maximum Gasteiger partial charge on any atom is 0.186 e. The van der Waals surface area contributed by atoms with Crippen LogP contribution in [0.4, 0.5) is 0 Å². The Balaban J connectivity index is 2.31. The second-order valence-corrected chi connectivity index (χ2v) is 4.92. The zero-order valence-corrected chi connectivity index (χ0v) is 12.6. The molecule has 0 amide bonds. The normalized spacial score (nSPS) is 31.3. The third kappa shape index (κ3) is 6.30. The van der Waals surface area contributed by atoms with Gasteiger partial charge in [0.05, 0.1) is 13.2 Å². The van der Waals surface area contributed by atoms with Gasteiger partial charge in [0, 0.05) is 6.42 Å². The smallest absolute Gasteiger partial charge is 0.186 e. The number of hydrogen-bond donors (Lipinski definition) is 5. The van der Waals surface area contributed by atoms with Crippen LogP contribution in [0.1, 0.15) is 12.8 Å². The molecule has 0 aliphatic carbocycles. The van der Waals surface area contributed by atoms with Gasteiger partial charge in [-0.15, -0.1) is 0 Å². The highest BCUT2D eigenvalue weighted by molar-refractivity contribution is 5.28. The van der Waals surface area contributed by atoms with Crippen molar-refractivity contribution < 1.29 is 35.0 Å². The summed E-state index contributed by atoms with van der Waals surface area (Å²) in [6, 6.07) is 0. The minimum Gasteiger partial charge on any atom is -0.394 e. The molecule has 1 fully saturated rings. The molecular weight excluding hydrogens is 304 g/mol. The van der Waals surface area contributed by atoms with Gasteiger partial charge in [-0.05, 0) is 18.3 Å². The highest BCUT2D eigenvalue weighted by Crippen LogP contribution is 2.21. The number of hydrogen-bond acceptors (Lipinski definition) is 7. The molecule has 0 aromatic rings. The minimum absolute atomic E-state index is 0.208. The Morgan fingerprint density at radius 3 is 2.57 bits per heavy atom. The standard InChI is InChI=1S/C16H22O7/c1-2-11(18)8-6-4-3-5-7-9-22-16-15(21)14(20)13(19)12(10-17)23-16/h2,11-21H,1,5,7,9-10H2/t11?,12-,13-,14+,15-,16-/m1/s1. The summed E-state index contributed by atoms with van der Waals surface area (Å²) in [5.74, 6) is 10.3. The molecule has 7 heteroatoms. The van der Waals surface area contributed by atoms with Crippen molar-refractivity contribution in [1.29, 1.82) is 0 Å². The molecule has 5 N–H and O–H groups in total. The summed E-state index contributed by atoms with van der Waals surface area (Å²) in [5.41, 5.74) is 0. The molecule has 0 aromatic heterocycles. The van der Waals surface area contributed by atoms with Crippen LogP contribution in [0.2, 0.25) is 0 Å². The van der Waals surface area contributed by atoms with Gasteiger partial charge in [0.15, 0.2) is 6.29 Å². The molecule has 1 aliphatic rings. The monoisotopic (exact) mass is 326 g/mol. The first-order valence-electron chi connectivity index (χ1n) is 7.22. The second-order valence-electron chi connectivity index (χ2n) is 4.92. The lowest BCUT2D eigenvalue weighted by atomic mass is 9.99. The quantitative estimate of drug-likeness (QED) is 0.220. The van der Waals surface area contributed by atoms with Gasteiger partial charge >= 0.3 is 0 Å². The van der Waals surface area contributed by atoms with E-state index in [9.17, 15) is 15.3 Å². The number of unbranched alkanes of at least 4 members (excludes halogenated alkanes) is 1. The number of aliphatic hydroxyl groups excluding tert-OH is 5. The van der Waals surface area contributed by atoms with E-state index >= 15 is 0 Å². The lowest BCUT2D eigenvalue weighted by molar-refractivity contribution is -0.301. The van der Waals surface area contributed by atoms with Crippen LogP contribution < -0.4 is 0 Å². The van der Waals surface area contributed by atoms with Crippen LogP contribution in [0.25, 0.3) is 0 Å². The van der Waals surface area contributed by atoms with Crippen LogP contribution in [0, 0.1) is 23.7 Å². The van der Waals surface area contributed by atoms with Crippen LogP contribution in [0.15, 0.2) is 12.7 Å². The Labute approximate surface area is 135 Å². The van der Waals surface area contributed by atoms with E-state index in [1.54, 1.807) is 0 Å². The summed E-state index contributed by atoms with van der Waals surface area (Å²) >= 11 is 0. The molecule has 1 rings (SSSR count). The lowest BCUT2D eigenvalue weighted by Crippen LogP contribution is -2.59. The van der Waals surface area contributed by atoms with Crippen LogP contribution >= 0.6 is 0 Å². The van der Waals surface area contributed by atoms with Crippen molar-refractivity contribution in [3.05, 3.63) is 12.7 Å². The van der Waals surface area contributed by atoms with Crippen molar-refractivity contribution in [2.24, 2.45) is 0 Å². The highest BCUT2D eigenvalue weighted by Gasteiger charge is 2.43. The van der Waals surface area contributed by atoms with Crippen molar-refractivity contribution in [2.45, 2.75) is 49.7 Å². The van der Waals surface area contributed by atoms with Gasteiger partial charge in [0.1, 0.15) is 30.5 Å². The Morgan fingerprint density at radius 1 is 1.17 bits per heavy atom. The molecular formula is C16H22O7. The van der Waals surface area contributed by atoms with Gasteiger partial charge in [0.2, 0.25) is 0 Å². The first kappa shape index (κ1) is 19.6. The van der Waals surface area contributed by atoms with Gasteiger partial charge in [-0.3, -0.25) is 0 Å². The molecule has 1 saturated heterocycles. The van der Waals surface area contributed by atoms with Gasteiger partial charge in [-0.2, -0.15) is 0 Å². The molecule has 7 nitrogen and oxygen atoms in total. The maximum atomic E-state index is 9.75. The van der Waals surface area contributed by atoms with Crippen molar-refractivity contribution in [3.63, 3.8) is 0 Å². The Morgan fingerprint density at radius 2 is 1.91 bits per heavy atom. The van der Waals surface area contributed by atoms with Crippen molar-refractivity contribution in [2.75, 3.05) is 13.2 Å². The summed E-state index contributed by atoms with van der Waals surface area (Å²) in [4.78, 5) is 0. The molecule has 1 unspecified atom stereocenters. The molecule has 128 valence electrons. The minimum atomic E-state index is -1.45. The van der Waals surface area contributed by atoms with E-state index in [1.165, 1.54) is 6.08 Å². The van der Waals surface area contributed by atoms with Crippen LogP contribution in [-0.4, -0.2) is 75.6 Å². The number of aliphatic hydroxyl groups is 5. The first-order chi connectivity index (χ1) is 11.0. The third-order valence-corrected chi connectivity index (χ3v) is 3.17. The highest BCUT2D eigenvalue weighted by atomic mass is 16.7. The van der Waals surface area contributed by atoms with E-state index in [1.807, 2.05) is 0 Å². The first-order valence-corrected chi connectivity index (χ1v) is 7.22. The van der Waals surface area contributed by atoms with E-state index in [0.29, 0.717) is 12.8 Å². The molecule has 0 saturated carbocycles. The van der Waals surface area contributed by atoms with E-state index in [-0.39, 0.29) is 6.61 Å². The molecule has 0 bridgehead atoms. The van der Waals surface area contributed by atoms with E-state index in [0.717, 1.165) is 0 Å². The van der Waals surface area contributed by atoms with Crippen LogP contribution in [-0.2, 0) is 9.47 Å². The van der Waals surface area contributed by atoms with E-state index < -0.39 is 43.4 Å². The molecule has 1 aliphatic heterocycles. The Hall–Kier alpha value is -1.42. The summed E-state index contributed by atoms with van der Waals surface area (Å²) in [7, 11) is 0. The van der Waals surface area contributed by atoms with E-state index in [4.69, 9.17) is 19.7 Å². The zero-order chi connectivity index (χ0) is 17.2. The van der Waals surface area contributed by atoms with Crippen molar-refractivity contribution in [1.82, 2.24) is 0 Å². The predicted molar refractivity (Wildman–Crippen MR) is 80.7 cm³/mol. The largest absolute Gasteiger partial charge is 0.394 e. The van der Waals surface area contributed by atoms with Gasteiger partial charge in [-0.1, -0.05) is 24.5 Å². The topological polar surface area (TPSA) is 120 Å².